The molecule has 2 aliphatic heterocycles. The second-order valence-corrected chi connectivity index (χ2v) is 4.93. The Morgan fingerprint density at radius 3 is 2.94 bits per heavy atom. The Hall–Kier alpha value is -1.10. The van der Waals surface area contributed by atoms with Crippen LogP contribution in [0.1, 0.15) is 32.6 Å². The molecule has 0 saturated carbocycles. The fourth-order valence-corrected chi connectivity index (χ4v) is 2.57. The standard InChI is InChI=1S/C12H21N3O2/c1-9-4-2-3-7-15(9)11(16)8-10-12(17)14-6-5-13-10/h9-10,13H,2-8H2,1H3,(H,14,17). The monoisotopic (exact) mass is 239 g/mol. The first-order chi connectivity index (χ1) is 8.18. The first-order valence-electron chi connectivity index (χ1n) is 6.49. The van der Waals surface area contributed by atoms with Gasteiger partial charge in [-0.25, -0.2) is 0 Å². The van der Waals surface area contributed by atoms with Crippen LogP contribution in [0.4, 0.5) is 0 Å². The molecule has 0 radical (unpaired) electrons. The lowest BCUT2D eigenvalue weighted by Gasteiger charge is -2.35. The number of amides is 2. The largest absolute Gasteiger partial charge is 0.353 e. The number of piperidine rings is 1. The van der Waals surface area contributed by atoms with Crippen LogP contribution in [0.25, 0.3) is 0 Å². The van der Waals surface area contributed by atoms with E-state index in [4.69, 9.17) is 0 Å². The minimum atomic E-state index is -0.342. The van der Waals surface area contributed by atoms with Gasteiger partial charge in [0.15, 0.2) is 0 Å². The van der Waals surface area contributed by atoms with E-state index in [1.54, 1.807) is 0 Å². The van der Waals surface area contributed by atoms with Crippen molar-refractivity contribution in [2.24, 2.45) is 0 Å². The molecule has 2 unspecified atom stereocenters. The fraction of sp³-hybridized carbons (Fsp3) is 0.833. The Kier molecular flexibility index (Phi) is 3.99. The zero-order valence-corrected chi connectivity index (χ0v) is 10.4. The summed E-state index contributed by atoms with van der Waals surface area (Å²) in [6.45, 7) is 4.34. The molecular formula is C12H21N3O2. The van der Waals surface area contributed by atoms with Crippen molar-refractivity contribution in [1.82, 2.24) is 15.5 Å². The maximum atomic E-state index is 12.1. The van der Waals surface area contributed by atoms with E-state index in [1.165, 1.54) is 6.42 Å². The van der Waals surface area contributed by atoms with E-state index in [9.17, 15) is 9.59 Å². The number of hydrogen-bond acceptors (Lipinski definition) is 3. The van der Waals surface area contributed by atoms with E-state index >= 15 is 0 Å². The van der Waals surface area contributed by atoms with Crippen molar-refractivity contribution in [3.63, 3.8) is 0 Å². The lowest BCUT2D eigenvalue weighted by atomic mass is 10.0. The summed E-state index contributed by atoms with van der Waals surface area (Å²) in [5, 5.41) is 5.87. The van der Waals surface area contributed by atoms with Crippen molar-refractivity contribution in [2.45, 2.75) is 44.7 Å². The number of hydrogen-bond donors (Lipinski definition) is 2. The third kappa shape index (κ3) is 2.97. The molecule has 5 nitrogen and oxygen atoms in total. The summed E-state index contributed by atoms with van der Waals surface area (Å²) in [5.74, 6) is 0.0565. The van der Waals surface area contributed by atoms with Gasteiger partial charge in [-0.2, -0.15) is 0 Å². The summed E-state index contributed by atoms with van der Waals surface area (Å²) in [6, 6.07) is -0.0201. The van der Waals surface area contributed by atoms with Crippen LogP contribution in [-0.2, 0) is 9.59 Å². The van der Waals surface area contributed by atoms with Gasteiger partial charge >= 0.3 is 0 Å². The Balaban J connectivity index is 1.89. The van der Waals surface area contributed by atoms with E-state index in [-0.39, 0.29) is 24.3 Å². The van der Waals surface area contributed by atoms with Crippen LogP contribution in [-0.4, -0.2) is 48.4 Å². The topological polar surface area (TPSA) is 61.4 Å². The number of likely N-dealkylation sites (tertiary alicyclic amines) is 1. The number of rotatable bonds is 2. The molecule has 17 heavy (non-hydrogen) atoms. The zero-order chi connectivity index (χ0) is 12.3. The maximum Gasteiger partial charge on any atom is 0.237 e. The predicted molar refractivity (Wildman–Crippen MR) is 64.4 cm³/mol. The zero-order valence-electron chi connectivity index (χ0n) is 10.4. The summed E-state index contributed by atoms with van der Waals surface area (Å²) in [5.41, 5.74) is 0. The van der Waals surface area contributed by atoms with Gasteiger partial charge in [-0.1, -0.05) is 0 Å². The van der Waals surface area contributed by atoms with Gasteiger partial charge in [0.05, 0.1) is 12.5 Å². The molecule has 2 saturated heterocycles. The number of carbonyl (C=O) groups excluding carboxylic acids is 2. The van der Waals surface area contributed by atoms with E-state index in [1.807, 2.05) is 4.90 Å². The van der Waals surface area contributed by atoms with Gasteiger partial charge in [-0.15, -0.1) is 0 Å². The number of nitrogens with zero attached hydrogens (tertiary/aromatic N) is 1. The molecule has 2 aliphatic rings. The van der Waals surface area contributed by atoms with Gasteiger partial charge in [0.25, 0.3) is 0 Å². The molecule has 5 heteroatoms. The minimum Gasteiger partial charge on any atom is -0.353 e. The molecule has 2 N–H and O–H groups in total. The van der Waals surface area contributed by atoms with Crippen molar-refractivity contribution in [3.05, 3.63) is 0 Å². The number of carbonyl (C=O) groups is 2. The normalized spacial score (nSPS) is 29.9. The summed E-state index contributed by atoms with van der Waals surface area (Å²) < 4.78 is 0. The van der Waals surface area contributed by atoms with Crippen LogP contribution in [0.5, 0.6) is 0 Å². The van der Waals surface area contributed by atoms with Crippen LogP contribution in [0.15, 0.2) is 0 Å². The highest BCUT2D eigenvalue weighted by atomic mass is 16.2. The van der Waals surface area contributed by atoms with Crippen molar-refractivity contribution < 1.29 is 9.59 Å². The molecule has 2 fully saturated rings. The van der Waals surface area contributed by atoms with Crippen LogP contribution in [0, 0.1) is 0 Å². The van der Waals surface area contributed by atoms with E-state index < -0.39 is 0 Å². The summed E-state index contributed by atoms with van der Waals surface area (Å²) >= 11 is 0. The second kappa shape index (κ2) is 5.49. The Labute approximate surface area is 102 Å². The summed E-state index contributed by atoms with van der Waals surface area (Å²) in [7, 11) is 0. The molecule has 0 aliphatic carbocycles. The molecule has 2 atom stereocenters. The molecule has 2 amide bonds. The quantitative estimate of drug-likeness (QED) is 0.705. The predicted octanol–water partition coefficient (Wildman–Crippen LogP) is -0.134. The lowest BCUT2D eigenvalue weighted by molar-refractivity contribution is -0.138. The highest BCUT2D eigenvalue weighted by Gasteiger charge is 2.29. The smallest absolute Gasteiger partial charge is 0.237 e. The average molecular weight is 239 g/mol. The SMILES string of the molecule is CC1CCCCN1C(=O)CC1NCCNC1=O. The first-order valence-corrected chi connectivity index (χ1v) is 6.49. The Bertz CT molecular complexity index is 306. The van der Waals surface area contributed by atoms with E-state index in [0.717, 1.165) is 25.9 Å². The summed E-state index contributed by atoms with van der Waals surface area (Å²) in [4.78, 5) is 25.6. The van der Waals surface area contributed by atoms with Gasteiger partial charge in [0, 0.05) is 25.7 Å². The van der Waals surface area contributed by atoms with Crippen molar-refractivity contribution in [1.29, 1.82) is 0 Å². The van der Waals surface area contributed by atoms with Gasteiger partial charge in [0.2, 0.25) is 11.8 Å². The lowest BCUT2D eigenvalue weighted by Crippen LogP contribution is -2.55. The Morgan fingerprint density at radius 1 is 1.41 bits per heavy atom. The number of piperazine rings is 1. The third-order valence-corrected chi connectivity index (χ3v) is 3.63. The van der Waals surface area contributed by atoms with Crippen LogP contribution in [0.2, 0.25) is 0 Å². The number of nitrogens with one attached hydrogen (secondary N) is 2. The average Bonchev–Trinajstić information content (AvgIpc) is 2.32. The highest BCUT2D eigenvalue weighted by Crippen LogP contribution is 2.17. The molecule has 0 aromatic carbocycles. The fourth-order valence-electron chi connectivity index (χ4n) is 2.57. The second-order valence-electron chi connectivity index (χ2n) is 4.93. The molecule has 2 heterocycles. The van der Waals surface area contributed by atoms with Gasteiger partial charge in [-0.3, -0.25) is 9.59 Å². The molecule has 0 spiro atoms. The van der Waals surface area contributed by atoms with Crippen molar-refractivity contribution in [3.8, 4) is 0 Å². The molecule has 0 aromatic rings. The molecular weight excluding hydrogens is 218 g/mol. The maximum absolute atomic E-state index is 12.1. The van der Waals surface area contributed by atoms with Crippen LogP contribution < -0.4 is 10.6 Å². The van der Waals surface area contributed by atoms with Gasteiger partial charge in [0.1, 0.15) is 0 Å². The van der Waals surface area contributed by atoms with Crippen molar-refractivity contribution >= 4 is 11.8 Å². The van der Waals surface area contributed by atoms with E-state index in [0.29, 0.717) is 12.6 Å². The molecule has 0 aromatic heterocycles. The van der Waals surface area contributed by atoms with Crippen LogP contribution in [0.3, 0.4) is 0 Å². The Morgan fingerprint density at radius 2 is 2.24 bits per heavy atom. The van der Waals surface area contributed by atoms with E-state index in [2.05, 4.69) is 17.6 Å². The molecule has 96 valence electrons. The van der Waals surface area contributed by atoms with Gasteiger partial charge in [-0.05, 0) is 26.2 Å². The van der Waals surface area contributed by atoms with Gasteiger partial charge < -0.3 is 15.5 Å². The van der Waals surface area contributed by atoms with Crippen molar-refractivity contribution in [2.75, 3.05) is 19.6 Å². The van der Waals surface area contributed by atoms with Crippen LogP contribution >= 0.6 is 0 Å². The molecule has 2 rings (SSSR count). The summed E-state index contributed by atoms with van der Waals surface area (Å²) in [6.07, 6.45) is 3.65. The third-order valence-electron chi connectivity index (χ3n) is 3.63. The minimum absolute atomic E-state index is 0.0470. The highest BCUT2D eigenvalue weighted by molar-refractivity contribution is 5.88. The first kappa shape index (κ1) is 12.4. The molecule has 0 bridgehead atoms.